The third kappa shape index (κ3) is 6.72. The summed E-state index contributed by atoms with van der Waals surface area (Å²) in [6.45, 7) is 9.68. The molecule has 3 aromatic rings. The lowest BCUT2D eigenvalue weighted by atomic mass is 9.85. The van der Waals surface area contributed by atoms with E-state index in [1.54, 1.807) is 28.3 Å². The number of β-amino-alcohol motifs (C(OH)–C–C–N with tert-alkyl or cyclic N) is 1. The summed E-state index contributed by atoms with van der Waals surface area (Å²) in [6.07, 6.45) is 0.924. The van der Waals surface area contributed by atoms with E-state index in [4.69, 9.17) is 0 Å². The van der Waals surface area contributed by atoms with E-state index < -0.39 is 29.5 Å². The van der Waals surface area contributed by atoms with E-state index in [9.17, 15) is 19.5 Å². The van der Waals surface area contributed by atoms with Crippen molar-refractivity contribution < 1.29 is 19.5 Å². The topological polar surface area (TPSA) is 129 Å². The molecule has 4 rings (SSSR count). The van der Waals surface area contributed by atoms with Crippen molar-refractivity contribution in [3.05, 3.63) is 59.0 Å². The van der Waals surface area contributed by atoms with Crippen molar-refractivity contribution in [1.29, 1.82) is 0 Å². The summed E-state index contributed by atoms with van der Waals surface area (Å²) in [5.41, 5.74) is 4.98. The zero-order valence-electron chi connectivity index (χ0n) is 23.0. The highest BCUT2D eigenvalue weighted by Crippen LogP contribution is 2.28. The first kappa shape index (κ1) is 28.4. The molecule has 10 nitrogen and oxygen atoms in total. The zero-order valence-corrected chi connectivity index (χ0v) is 23.8. The Morgan fingerprint density at radius 2 is 1.87 bits per heavy atom. The molecule has 1 saturated heterocycles. The molecule has 0 bridgehead atoms. The number of amides is 3. The normalized spacial score (nSPS) is 18.2. The first-order chi connectivity index (χ1) is 18.4. The van der Waals surface area contributed by atoms with Crippen LogP contribution in [0, 0.1) is 19.3 Å². The lowest BCUT2D eigenvalue weighted by Gasteiger charge is -2.35. The monoisotopic (exact) mass is 552 g/mol. The van der Waals surface area contributed by atoms with Crippen molar-refractivity contribution in [2.75, 3.05) is 6.54 Å². The molecule has 2 aromatic heterocycles. The number of nitrogens with one attached hydrogen (secondary N) is 2. The molecule has 0 saturated carbocycles. The van der Waals surface area contributed by atoms with E-state index in [0.29, 0.717) is 0 Å². The first-order valence-corrected chi connectivity index (χ1v) is 13.9. The predicted molar refractivity (Wildman–Crippen MR) is 149 cm³/mol. The van der Waals surface area contributed by atoms with Crippen LogP contribution in [0.15, 0.2) is 42.0 Å². The number of carbonyl (C=O) groups is 3. The van der Waals surface area contributed by atoms with E-state index in [-0.39, 0.29) is 37.9 Å². The summed E-state index contributed by atoms with van der Waals surface area (Å²) in [7, 11) is 0. The molecule has 1 aliphatic heterocycles. The standard InChI is InChI=1S/C28H36N6O4S/c1-17-10-11-31-34(17)15-23(36)32-25(28(3,4)5)27(38)33-14-21(35)12-22(33)26(37)29-13-19-6-8-20(9-7-19)24-18(2)30-16-39-24/h6-11,16,21-22,25,35H,12-15H2,1-5H3,(H,29,37)(H,32,36)/t21-,22+,25+/m1/s1. The number of nitrogens with zero attached hydrogens (tertiary/aromatic N) is 4. The summed E-state index contributed by atoms with van der Waals surface area (Å²) in [5.74, 6) is -1.09. The molecule has 1 fully saturated rings. The van der Waals surface area contributed by atoms with Gasteiger partial charge in [0.1, 0.15) is 18.6 Å². The van der Waals surface area contributed by atoms with E-state index >= 15 is 0 Å². The second kappa shape index (κ2) is 11.7. The number of carbonyl (C=O) groups excluding carboxylic acids is 3. The molecule has 0 unspecified atom stereocenters. The molecule has 11 heteroatoms. The largest absolute Gasteiger partial charge is 0.391 e. The second-order valence-corrected chi connectivity index (χ2v) is 11.9. The minimum atomic E-state index is -0.885. The van der Waals surface area contributed by atoms with Crippen molar-refractivity contribution in [3.63, 3.8) is 0 Å². The van der Waals surface area contributed by atoms with Crippen molar-refractivity contribution in [2.24, 2.45) is 5.41 Å². The summed E-state index contributed by atoms with van der Waals surface area (Å²) < 4.78 is 1.56. The fraction of sp³-hybridized carbons (Fsp3) is 0.464. The van der Waals surface area contributed by atoms with Gasteiger partial charge in [-0.05, 0) is 36.5 Å². The van der Waals surface area contributed by atoms with Crippen LogP contribution in [0.3, 0.4) is 0 Å². The summed E-state index contributed by atoms with van der Waals surface area (Å²) in [4.78, 5) is 46.5. The molecular formula is C28H36N6O4S. The maximum absolute atomic E-state index is 13.7. The Hall–Kier alpha value is -3.57. The van der Waals surface area contributed by atoms with Crippen molar-refractivity contribution in [2.45, 2.75) is 72.3 Å². The van der Waals surface area contributed by atoms with Gasteiger partial charge in [0.25, 0.3) is 0 Å². The van der Waals surface area contributed by atoms with Crippen LogP contribution in [0.2, 0.25) is 0 Å². The third-order valence-electron chi connectivity index (χ3n) is 6.93. The summed E-state index contributed by atoms with van der Waals surface area (Å²) in [6, 6.07) is 7.98. The minimum absolute atomic E-state index is 0.0212. The van der Waals surface area contributed by atoms with Crippen LogP contribution in [-0.2, 0) is 27.5 Å². The third-order valence-corrected chi connectivity index (χ3v) is 7.91. The van der Waals surface area contributed by atoms with Crippen molar-refractivity contribution in [3.8, 4) is 10.4 Å². The minimum Gasteiger partial charge on any atom is -0.391 e. The Balaban J connectivity index is 1.41. The maximum Gasteiger partial charge on any atom is 0.246 e. The van der Waals surface area contributed by atoms with Gasteiger partial charge in [-0.1, -0.05) is 45.0 Å². The zero-order chi connectivity index (χ0) is 28.3. The van der Waals surface area contributed by atoms with Crippen LogP contribution >= 0.6 is 11.3 Å². The molecule has 0 spiro atoms. The molecule has 3 atom stereocenters. The quantitative estimate of drug-likeness (QED) is 0.394. The SMILES string of the molecule is Cc1ncsc1-c1ccc(CNC(=O)[C@@H]2C[C@@H](O)CN2C(=O)[C@H](NC(=O)Cn2nccc2C)C(C)(C)C)cc1. The van der Waals surface area contributed by atoms with E-state index in [1.165, 1.54) is 4.90 Å². The molecule has 1 aliphatic rings. The van der Waals surface area contributed by atoms with Crippen molar-refractivity contribution >= 4 is 29.1 Å². The van der Waals surface area contributed by atoms with Gasteiger partial charge in [-0.15, -0.1) is 11.3 Å². The lowest BCUT2D eigenvalue weighted by molar-refractivity contribution is -0.144. The maximum atomic E-state index is 13.7. The molecule has 3 N–H and O–H groups in total. The number of hydrogen-bond donors (Lipinski definition) is 3. The van der Waals surface area contributed by atoms with Crippen LogP contribution in [0.5, 0.6) is 0 Å². The average Bonchev–Trinajstić information content (AvgIpc) is 3.60. The molecule has 0 aliphatic carbocycles. The molecule has 0 radical (unpaired) electrons. The number of aliphatic hydroxyl groups excluding tert-OH is 1. The van der Waals surface area contributed by atoms with Crippen LogP contribution in [0.1, 0.15) is 44.1 Å². The highest BCUT2D eigenvalue weighted by atomic mass is 32.1. The van der Waals surface area contributed by atoms with E-state index in [2.05, 4.69) is 20.7 Å². The number of rotatable bonds is 8. The average molecular weight is 553 g/mol. The van der Waals surface area contributed by atoms with Crippen LogP contribution in [0.4, 0.5) is 0 Å². The highest BCUT2D eigenvalue weighted by molar-refractivity contribution is 7.13. The van der Waals surface area contributed by atoms with Gasteiger partial charge >= 0.3 is 0 Å². The molecule has 39 heavy (non-hydrogen) atoms. The molecule has 3 amide bonds. The van der Waals surface area contributed by atoms with E-state index in [0.717, 1.165) is 27.4 Å². The first-order valence-electron chi connectivity index (χ1n) is 13.0. The number of benzene rings is 1. The van der Waals surface area contributed by atoms with Crippen LogP contribution in [-0.4, -0.2) is 67.2 Å². The fourth-order valence-corrected chi connectivity index (χ4v) is 5.50. The summed E-state index contributed by atoms with van der Waals surface area (Å²) in [5, 5.41) is 20.3. The van der Waals surface area contributed by atoms with Crippen LogP contribution in [0.25, 0.3) is 10.4 Å². The Kier molecular flexibility index (Phi) is 8.51. The lowest BCUT2D eigenvalue weighted by Crippen LogP contribution is -2.58. The fourth-order valence-electron chi connectivity index (χ4n) is 4.69. The number of hydrogen-bond acceptors (Lipinski definition) is 7. The van der Waals surface area contributed by atoms with Gasteiger partial charge in [0, 0.05) is 31.4 Å². The number of aryl methyl sites for hydroxylation is 2. The highest BCUT2D eigenvalue weighted by Gasteiger charge is 2.44. The van der Waals surface area contributed by atoms with Gasteiger partial charge in [0.05, 0.1) is 22.2 Å². The number of likely N-dealkylation sites (tertiary alicyclic amines) is 1. The summed E-state index contributed by atoms with van der Waals surface area (Å²) >= 11 is 1.58. The smallest absolute Gasteiger partial charge is 0.246 e. The Labute approximate surface area is 232 Å². The Morgan fingerprint density at radius 1 is 1.15 bits per heavy atom. The van der Waals surface area contributed by atoms with Gasteiger partial charge in [0.2, 0.25) is 17.7 Å². The van der Waals surface area contributed by atoms with Gasteiger partial charge in [0.15, 0.2) is 0 Å². The second-order valence-electron chi connectivity index (χ2n) is 11.1. The molecule has 208 valence electrons. The number of thiazole rings is 1. The van der Waals surface area contributed by atoms with Crippen LogP contribution < -0.4 is 10.6 Å². The Morgan fingerprint density at radius 3 is 2.46 bits per heavy atom. The number of aliphatic hydroxyl groups is 1. The predicted octanol–water partition coefficient (Wildman–Crippen LogP) is 2.43. The molecular weight excluding hydrogens is 516 g/mol. The van der Waals surface area contributed by atoms with Gasteiger partial charge in [-0.25, -0.2) is 4.98 Å². The molecule has 1 aromatic carbocycles. The number of aromatic nitrogens is 3. The Bertz CT molecular complexity index is 1330. The van der Waals surface area contributed by atoms with Gasteiger partial charge in [-0.2, -0.15) is 5.10 Å². The van der Waals surface area contributed by atoms with Crippen molar-refractivity contribution in [1.82, 2.24) is 30.3 Å². The van der Waals surface area contributed by atoms with Gasteiger partial charge in [-0.3, -0.25) is 19.1 Å². The van der Waals surface area contributed by atoms with E-state index in [1.807, 2.05) is 64.4 Å². The molecule has 3 heterocycles. The van der Waals surface area contributed by atoms with Gasteiger partial charge < -0.3 is 20.6 Å².